The molecule has 3 aliphatic rings. The number of hydrogen-bond acceptors (Lipinski definition) is 9. The van der Waals surface area contributed by atoms with Gasteiger partial charge in [0.25, 0.3) is 0 Å². The van der Waals surface area contributed by atoms with Gasteiger partial charge in [-0.25, -0.2) is 13.2 Å². The lowest BCUT2D eigenvalue weighted by molar-refractivity contribution is -0.137. The molecule has 3 aliphatic heterocycles. The predicted molar refractivity (Wildman–Crippen MR) is 181 cm³/mol. The zero-order valence-corrected chi connectivity index (χ0v) is 28.5. The number of fused-ring (bicyclic) bond motifs is 3. The van der Waals surface area contributed by atoms with Crippen LogP contribution in [0.15, 0.2) is 30.9 Å². The van der Waals surface area contributed by atoms with Gasteiger partial charge in [0.05, 0.1) is 21.4 Å². The van der Waals surface area contributed by atoms with Crippen LogP contribution in [-0.2, 0) is 11.0 Å². The van der Waals surface area contributed by atoms with E-state index in [-0.39, 0.29) is 82.0 Å². The molecule has 5 heterocycles. The van der Waals surface area contributed by atoms with Gasteiger partial charge in [0.1, 0.15) is 41.0 Å². The van der Waals surface area contributed by atoms with E-state index >= 15 is 17.6 Å². The number of benzene rings is 2. The maximum Gasteiger partial charge on any atom is 0.417 e. The van der Waals surface area contributed by atoms with E-state index in [9.17, 15) is 18.8 Å². The smallest absolute Gasteiger partial charge is 0.417 e. The average molecular weight is 730 g/mol. The second-order valence-corrected chi connectivity index (χ2v) is 14.6. The lowest BCUT2D eigenvalue weighted by atomic mass is 9.92. The van der Waals surface area contributed by atoms with E-state index in [2.05, 4.69) is 16.5 Å². The number of anilines is 2. The fraction of sp³-hybridized carbons (Fsp3) is 0.429. The Morgan fingerprint density at radius 2 is 1.98 bits per heavy atom. The number of nitrogens with two attached hydrogens (primary N) is 1. The van der Waals surface area contributed by atoms with Crippen molar-refractivity contribution in [1.82, 2.24) is 19.8 Å². The number of alkyl halides is 4. The molecule has 0 unspecified atom stereocenters. The zero-order valence-electron chi connectivity index (χ0n) is 27.7. The highest BCUT2D eigenvalue weighted by Crippen LogP contribution is 2.48. The monoisotopic (exact) mass is 729 g/mol. The highest BCUT2D eigenvalue weighted by atomic mass is 32.1. The molecule has 4 atom stereocenters. The molecule has 268 valence electrons. The number of amides is 1. The molecule has 0 radical (unpaired) electrons. The summed E-state index contributed by atoms with van der Waals surface area (Å²) in [6, 6.07) is 3.21. The fourth-order valence-electron chi connectivity index (χ4n) is 7.96. The average Bonchev–Trinajstić information content (AvgIpc) is 3.73. The molecule has 3 fully saturated rings. The van der Waals surface area contributed by atoms with Gasteiger partial charge < -0.3 is 20.3 Å². The van der Waals surface area contributed by atoms with Crippen molar-refractivity contribution in [2.75, 3.05) is 43.4 Å². The summed E-state index contributed by atoms with van der Waals surface area (Å²) in [7, 11) is 0. The lowest BCUT2D eigenvalue weighted by Gasteiger charge is -2.44. The van der Waals surface area contributed by atoms with E-state index in [4.69, 9.17) is 10.5 Å². The first-order valence-corrected chi connectivity index (χ1v) is 17.2. The van der Waals surface area contributed by atoms with Crippen molar-refractivity contribution in [3.63, 3.8) is 0 Å². The third-order valence-electron chi connectivity index (χ3n) is 10.3. The molecule has 0 aliphatic carbocycles. The number of carbonyl (C=O) groups excluding carboxylic acids is 1. The summed E-state index contributed by atoms with van der Waals surface area (Å²) in [6.45, 7) is 8.27. The Bertz CT molecular complexity index is 2130. The summed E-state index contributed by atoms with van der Waals surface area (Å²) >= 11 is 0.675. The fourth-order valence-corrected chi connectivity index (χ4v) is 8.91. The molecule has 16 heteroatoms. The second-order valence-electron chi connectivity index (χ2n) is 13.5. The topological polar surface area (TPSA) is 112 Å². The number of ether oxygens (including phenoxy) is 1. The molecule has 0 saturated carbocycles. The third-order valence-corrected chi connectivity index (χ3v) is 11.4. The second kappa shape index (κ2) is 12.6. The van der Waals surface area contributed by atoms with Crippen molar-refractivity contribution in [3.05, 3.63) is 53.6 Å². The van der Waals surface area contributed by atoms with Crippen molar-refractivity contribution < 1.29 is 35.9 Å². The largest absolute Gasteiger partial charge is 0.461 e. The van der Waals surface area contributed by atoms with Crippen LogP contribution in [0.2, 0.25) is 0 Å². The number of hydrogen-bond donors (Lipinski definition) is 1. The van der Waals surface area contributed by atoms with Gasteiger partial charge in [-0.3, -0.25) is 9.69 Å². The van der Waals surface area contributed by atoms with E-state index in [1.807, 2.05) is 11.0 Å². The minimum Gasteiger partial charge on any atom is -0.461 e. The number of rotatable bonds is 6. The van der Waals surface area contributed by atoms with E-state index in [0.717, 1.165) is 24.6 Å². The molecule has 0 bridgehead atoms. The Morgan fingerprint density at radius 3 is 2.69 bits per heavy atom. The Balaban J connectivity index is 1.46. The van der Waals surface area contributed by atoms with Gasteiger partial charge in [0.2, 0.25) is 5.91 Å². The number of nitriles is 1. The van der Waals surface area contributed by atoms with Gasteiger partial charge in [0.15, 0.2) is 5.82 Å². The van der Waals surface area contributed by atoms with Crippen molar-refractivity contribution >= 4 is 49.1 Å². The molecule has 4 aromatic rings. The number of piperazine rings is 1. The molecular formula is C35H33F6N7O2S. The summed E-state index contributed by atoms with van der Waals surface area (Å²) < 4.78 is 97.7. The Morgan fingerprint density at radius 1 is 1.22 bits per heavy atom. The van der Waals surface area contributed by atoms with Crippen LogP contribution in [0.5, 0.6) is 6.01 Å². The Labute approximate surface area is 292 Å². The summed E-state index contributed by atoms with van der Waals surface area (Å²) in [5.41, 5.74) is 1.83. The third kappa shape index (κ3) is 5.70. The first kappa shape index (κ1) is 34.8. The van der Waals surface area contributed by atoms with Gasteiger partial charge in [-0.2, -0.15) is 28.4 Å². The number of nitrogens with zero attached hydrogens (tertiary/aromatic N) is 6. The maximum absolute atomic E-state index is 17.1. The van der Waals surface area contributed by atoms with Crippen LogP contribution in [0.3, 0.4) is 0 Å². The molecule has 7 rings (SSSR count). The summed E-state index contributed by atoms with van der Waals surface area (Å²) in [5, 5.41) is 9.19. The molecule has 2 N–H and O–H groups in total. The quantitative estimate of drug-likeness (QED) is 0.170. The van der Waals surface area contributed by atoms with Crippen molar-refractivity contribution in [3.8, 4) is 23.2 Å². The number of carbonyl (C=O) groups is 1. The molecule has 1 amide bonds. The molecule has 51 heavy (non-hydrogen) atoms. The molecule has 2 aromatic heterocycles. The Kier molecular flexibility index (Phi) is 8.57. The minimum atomic E-state index is -5.13. The van der Waals surface area contributed by atoms with Crippen molar-refractivity contribution in [2.45, 2.75) is 63.1 Å². The van der Waals surface area contributed by atoms with Gasteiger partial charge >= 0.3 is 12.2 Å². The minimum absolute atomic E-state index is 0.0284. The SMILES string of the molecule is C=CC(=O)N1C[C@H](C)N(c2nc(OC[C@]34CCCN3C[C@H](F)C4)nc3c(F)c(-c4ccc(F)c5sc(N)c(C#N)c45)c(C(F)(F)F)cc23)C[C@H]1C. The van der Waals surface area contributed by atoms with E-state index in [1.54, 1.807) is 23.6 Å². The molecule has 0 spiro atoms. The summed E-state index contributed by atoms with van der Waals surface area (Å²) in [6.07, 6.45) is -3.31. The van der Waals surface area contributed by atoms with E-state index in [0.29, 0.717) is 24.3 Å². The van der Waals surface area contributed by atoms with Crippen LogP contribution in [-0.4, -0.2) is 82.3 Å². The summed E-state index contributed by atoms with van der Waals surface area (Å²) in [4.78, 5) is 26.7. The first-order chi connectivity index (χ1) is 24.2. The standard InChI is InChI=1S/C35H33F6N7O2S/c1-4-25(49)47-13-18(3)48(14-17(47)2)32-21-10-23(35(39,40)41)27(20-6-7-24(37)30-26(20)22(12-42)31(43)51-30)28(38)29(21)44-33(45-32)50-16-34-8-5-9-46(34)15-19(36)11-34/h4,6-7,10,17-19H,1,5,8-9,11,13-16,43H2,2-3H3/t17-,18+,19-,34-/m1/s1. The number of aromatic nitrogens is 2. The normalized spacial score (nSPS) is 23.9. The van der Waals surface area contributed by atoms with Gasteiger partial charge in [0, 0.05) is 54.5 Å². The maximum atomic E-state index is 17.1. The van der Waals surface area contributed by atoms with Gasteiger partial charge in [-0.15, -0.1) is 11.3 Å². The number of nitrogen functional groups attached to an aromatic ring is 1. The highest BCUT2D eigenvalue weighted by Gasteiger charge is 2.49. The number of halogens is 6. The summed E-state index contributed by atoms with van der Waals surface area (Å²) in [5.74, 6) is -2.59. The van der Waals surface area contributed by atoms with Crippen LogP contribution in [0.4, 0.5) is 37.2 Å². The lowest BCUT2D eigenvalue weighted by Crippen LogP contribution is -2.58. The van der Waals surface area contributed by atoms with E-state index in [1.165, 1.54) is 6.08 Å². The van der Waals surface area contributed by atoms with Crippen LogP contribution in [0.25, 0.3) is 32.1 Å². The van der Waals surface area contributed by atoms with Crippen LogP contribution < -0.4 is 15.4 Å². The predicted octanol–water partition coefficient (Wildman–Crippen LogP) is 6.83. The van der Waals surface area contributed by atoms with Crippen molar-refractivity contribution in [1.29, 1.82) is 5.26 Å². The van der Waals surface area contributed by atoms with Crippen molar-refractivity contribution in [2.24, 2.45) is 0 Å². The Hall–Kier alpha value is -4.62. The first-order valence-electron chi connectivity index (χ1n) is 16.4. The molecule has 9 nitrogen and oxygen atoms in total. The zero-order chi connectivity index (χ0) is 36.6. The highest BCUT2D eigenvalue weighted by molar-refractivity contribution is 7.23. The number of thiophene rings is 1. The van der Waals surface area contributed by atoms with Gasteiger partial charge in [-0.1, -0.05) is 12.6 Å². The van der Waals surface area contributed by atoms with E-state index < -0.39 is 58.2 Å². The van der Waals surface area contributed by atoms with Crippen LogP contribution >= 0.6 is 11.3 Å². The molecule has 2 aromatic carbocycles. The van der Waals surface area contributed by atoms with Gasteiger partial charge in [-0.05, 0) is 57.0 Å². The molecular weight excluding hydrogens is 696 g/mol. The molecule has 3 saturated heterocycles. The van der Waals surface area contributed by atoms with Crippen LogP contribution in [0.1, 0.15) is 44.2 Å². The van der Waals surface area contributed by atoms with Crippen LogP contribution in [0, 0.1) is 23.0 Å².